The number of likely N-dealkylation sites (N-methyl/N-ethyl adjacent to an activating group) is 1. The standard InChI is InChI=1S/C17H23N3O2S/c1-13(12-23(3)22)19(2)16-5-4-10-20(17(16)21)15-8-6-14(11-18)7-9-15/h6-9,13,16H,4-5,10,12H2,1-3H3/t13-,16-,23+/m1/s1. The Morgan fingerprint density at radius 2 is 2.09 bits per heavy atom. The Bertz CT molecular complexity index is 624. The van der Waals surface area contributed by atoms with Gasteiger partial charge in [0.2, 0.25) is 5.91 Å². The first-order valence-electron chi connectivity index (χ1n) is 7.77. The highest BCUT2D eigenvalue weighted by Gasteiger charge is 2.34. The number of carbonyl (C=O) groups excluding carboxylic acids is 1. The molecular formula is C17H23N3O2S. The summed E-state index contributed by atoms with van der Waals surface area (Å²) in [5.74, 6) is 0.647. The van der Waals surface area contributed by atoms with E-state index in [1.54, 1.807) is 23.3 Å². The fourth-order valence-electron chi connectivity index (χ4n) is 2.97. The van der Waals surface area contributed by atoms with Gasteiger partial charge in [-0.05, 0) is 51.1 Å². The summed E-state index contributed by atoms with van der Waals surface area (Å²) in [6, 6.07) is 9.11. The Labute approximate surface area is 140 Å². The second-order valence-electron chi connectivity index (χ2n) is 6.06. The van der Waals surface area contributed by atoms with Crippen molar-refractivity contribution in [1.82, 2.24) is 4.90 Å². The van der Waals surface area contributed by atoms with E-state index in [1.807, 2.05) is 31.0 Å². The van der Waals surface area contributed by atoms with Crippen molar-refractivity contribution < 1.29 is 9.00 Å². The van der Waals surface area contributed by atoms with E-state index in [2.05, 4.69) is 6.07 Å². The first kappa shape index (κ1) is 17.6. The molecule has 3 atom stereocenters. The van der Waals surface area contributed by atoms with Crippen molar-refractivity contribution in [3.8, 4) is 6.07 Å². The lowest BCUT2D eigenvalue weighted by Gasteiger charge is -2.39. The maximum absolute atomic E-state index is 12.9. The Kier molecular flexibility index (Phi) is 5.91. The van der Waals surface area contributed by atoms with Crippen LogP contribution in [0.25, 0.3) is 0 Å². The summed E-state index contributed by atoms with van der Waals surface area (Å²) in [5, 5.41) is 8.88. The van der Waals surface area contributed by atoms with Crippen LogP contribution in [0, 0.1) is 11.3 Å². The molecule has 1 heterocycles. The highest BCUT2D eigenvalue weighted by Crippen LogP contribution is 2.24. The van der Waals surface area contributed by atoms with Crippen LogP contribution < -0.4 is 4.90 Å². The van der Waals surface area contributed by atoms with Crippen molar-refractivity contribution in [3.05, 3.63) is 29.8 Å². The number of carbonyl (C=O) groups is 1. The van der Waals surface area contributed by atoms with Crippen molar-refractivity contribution in [1.29, 1.82) is 5.26 Å². The van der Waals surface area contributed by atoms with E-state index in [4.69, 9.17) is 5.26 Å². The lowest BCUT2D eigenvalue weighted by atomic mass is 10.0. The van der Waals surface area contributed by atoms with Gasteiger partial charge in [0.15, 0.2) is 0 Å². The lowest BCUT2D eigenvalue weighted by Crippen LogP contribution is -2.54. The number of nitriles is 1. The second kappa shape index (κ2) is 7.71. The molecule has 124 valence electrons. The molecule has 23 heavy (non-hydrogen) atoms. The Hall–Kier alpha value is -1.71. The lowest BCUT2D eigenvalue weighted by molar-refractivity contribution is -0.125. The molecule has 0 spiro atoms. The average molecular weight is 333 g/mol. The van der Waals surface area contributed by atoms with Crippen molar-refractivity contribution in [2.75, 3.05) is 30.5 Å². The fourth-order valence-corrected chi connectivity index (χ4v) is 3.89. The SMILES string of the molecule is C[C@H](C[S@](C)=O)N(C)[C@@H]1CCCN(c2ccc(C#N)cc2)C1=O. The van der Waals surface area contributed by atoms with E-state index in [0.717, 1.165) is 18.5 Å². The number of rotatable bonds is 5. The van der Waals surface area contributed by atoms with E-state index in [9.17, 15) is 9.00 Å². The molecule has 1 saturated heterocycles. The smallest absolute Gasteiger partial charge is 0.244 e. The molecule has 6 heteroatoms. The predicted molar refractivity (Wildman–Crippen MR) is 92.7 cm³/mol. The number of hydrogen-bond acceptors (Lipinski definition) is 4. The summed E-state index contributed by atoms with van der Waals surface area (Å²) >= 11 is 0. The quantitative estimate of drug-likeness (QED) is 0.823. The maximum Gasteiger partial charge on any atom is 0.244 e. The van der Waals surface area contributed by atoms with Crippen molar-refractivity contribution in [2.45, 2.75) is 31.8 Å². The molecule has 0 radical (unpaired) electrons. The summed E-state index contributed by atoms with van der Waals surface area (Å²) in [7, 11) is 1.06. The summed E-state index contributed by atoms with van der Waals surface area (Å²) in [4.78, 5) is 16.7. The highest BCUT2D eigenvalue weighted by atomic mass is 32.2. The Balaban J connectivity index is 2.14. The summed E-state index contributed by atoms with van der Waals surface area (Å²) in [5.41, 5.74) is 1.42. The minimum absolute atomic E-state index is 0.0807. The summed E-state index contributed by atoms with van der Waals surface area (Å²) < 4.78 is 11.4. The van der Waals surface area contributed by atoms with Gasteiger partial charge < -0.3 is 4.90 Å². The van der Waals surface area contributed by atoms with Gasteiger partial charge in [0.05, 0.1) is 17.7 Å². The van der Waals surface area contributed by atoms with Gasteiger partial charge in [0.1, 0.15) is 0 Å². The van der Waals surface area contributed by atoms with Crippen LogP contribution in [0.5, 0.6) is 0 Å². The molecule has 0 N–H and O–H groups in total. The number of amides is 1. The van der Waals surface area contributed by atoms with Gasteiger partial charge >= 0.3 is 0 Å². The zero-order valence-electron chi connectivity index (χ0n) is 13.9. The van der Waals surface area contributed by atoms with Crippen LogP contribution in [0.4, 0.5) is 5.69 Å². The normalized spacial score (nSPS) is 21.1. The van der Waals surface area contributed by atoms with E-state index in [0.29, 0.717) is 17.9 Å². The van der Waals surface area contributed by atoms with Gasteiger partial charge in [0.25, 0.3) is 0 Å². The molecule has 1 aromatic carbocycles. The van der Waals surface area contributed by atoms with Gasteiger partial charge in [-0.15, -0.1) is 0 Å². The monoisotopic (exact) mass is 333 g/mol. The van der Waals surface area contributed by atoms with Gasteiger partial charge in [-0.1, -0.05) is 0 Å². The number of nitrogens with zero attached hydrogens (tertiary/aromatic N) is 3. The largest absolute Gasteiger partial charge is 0.311 e. The van der Waals surface area contributed by atoms with Crippen LogP contribution in [-0.2, 0) is 15.6 Å². The van der Waals surface area contributed by atoms with Gasteiger partial charge in [-0.2, -0.15) is 5.26 Å². The van der Waals surface area contributed by atoms with Crippen LogP contribution in [0.15, 0.2) is 24.3 Å². The third-order valence-electron chi connectivity index (χ3n) is 4.38. The van der Waals surface area contributed by atoms with Crippen LogP contribution in [-0.4, -0.2) is 52.7 Å². The molecule has 1 aliphatic heterocycles. The second-order valence-corrected chi connectivity index (χ2v) is 7.54. The summed E-state index contributed by atoms with van der Waals surface area (Å²) in [6.45, 7) is 2.71. The Morgan fingerprint density at radius 3 is 2.65 bits per heavy atom. The summed E-state index contributed by atoms with van der Waals surface area (Å²) in [6.07, 6.45) is 3.45. The van der Waals surface area contributed by atoms with Crippen LogP contribution in [0.2, 0.25) is 0 Å². The molecular weight excluding hydrogens is 310 g/mol. The van der Waals surface area contributed by atoms with Crippen LogP contribution >= 0.6 is 0 Å². The minimum atomic E-state index is -0.878. The van der Waals surface area contributed by atoms with E-state index in [1.165, 1.54) is 0 Å². The number of anilines is 1. The molecule has 1 aliphatic rings. The molecule has 2 rings (SSSR count). The van der Waals surface area contributed by atoms with Crippen LogP contribution in [0.1, 0.15) is 25.3 Å². The van der Waals surface area contributed by atoms with Gasteiger partial charge in [-0.3, -0.25) is 13.9 Å². The van der Waals surface area contributed by atoms with Crippen molar-refractivity contribution >= 4 is 22.4 Å². The molecule has 0 aliphatic carbocycles. The van der Waals surface area contributed by atoms with Gasteiger partial charge in [0, 0.05) is 41.1 Å². The third-order valence-corrected chi connectivity index (χ3v) is 5.33. The first-order chi connectivity index (χ1) is 10.9. The fraction of sp³-hybridized carbons (Fsp3) is 0.529. The number of piperidine rings is 1. The topological polar surface area (TPSA) is 64.4 Å². The molecule has 0 unspecified atom stereocenters. The minimum Gasteiger partial charge on any atom is -0.311 e. The molecule has 0 aromatic heterocycles. The number of benzene rings is 1. The number of hydrogen-bond donors (Lipinski definition) is 0. The molecule has 0 saturated carbocycles. The molecule has 1 amide bonds. The zero-order chi connectivity index (χ0) is 17.0. The van der Waals surface area contributed by atoms with E-state index >= 15 is 0 Å². The zero-order valence-corrected chi connectivity index (χ0v) is 14.7. The Morgan fingerprint density at radius 1 is 1.43 bits per heavy atom. The van der Waals surface area contributed by atoms with Gasteiger partial charge in [-0.25, -0.2) is 0 Å². The highest BCUT2D eigenvalue weighted by molar-refractivity contribution is 7.84. The third kappa shape index (κ3) is 4.18. The van der Waals surface area contributed by atoms with Crippen LogP contribution in [0.3, 0.4) is 0 Å². The average Bonchev–Trinajstić information content (AvgIpc) is 2.54. The maximum atomic E-state index is 12.9. The van der Waals surface area contributed by atoms with Crippen molar-refractivity contribution in [2.24, 2.45) is 0 Å². The molecule has 0 bridgehead atoms. The molecule has 1 fully saturated rings. The molecule has 1 aromatic rings. The molecule has 5 nitrogen and oxygen atoms in total. The predicted octanol–water partition coefficient (Wildman–Crippen LogP) is 1.75. The van der Waals surface area contributed by atoms with E-state index in [-0.39, 0.29) is 18.0 Å². The van der Waals surface area contributed by atoms with Crippen molar-refractivity contribution in [3.63, 3.8) is 0 Å². The van der Waals surface area contributed by atoms with E-state index < -0.39 is 10.8 Å². The first-order valence-corrected chi connectivity index (χ1v) is 9.50.